The van der Waals surface area contributed by atoms with Crippen LogP contribution in [0.5, 0.6) is 11.6 Å². The molecule has 0 spiro atoms. The maximum absolute atomic E-state index is 13.2. The zero-order valence-corrected chi connectivity index (χ0v) is 17.4. The number of anilines is 1. The maximum Gasteiger partial charge on any atom is 0.257 e. The van der Waals surface area contributed by atoms with E-state index in [-0.39, 0.29) is 10.6 Å². The first kappa shape index (κ1) is 20.5. The zero-order chi connectivity index (χ0) is 22.0. The summed E-state index contributed by atoms with van der Waals surface area (Å²) < 4.78 is 20.8. The second-order valence-electron chi connectivity index (χ2n) is 6.70. The highest BCUT2D eigenvalue weighted by molar-refractivity contribution is 6.34. The summed E-state index contributed by atoms with van der Waals surface area (Å²) in [6, 6.07) is 12.1. The number of benzene rings is 2. The summed E-state index contributed by atoms with van der Waals surface area (Å²) in [6.45, 7) is 3.88. The maximum atomic E-state index is 13.2. The lowest BCUT2D eigenvalue weighted by Crippen LogP contribution is -2.12. The standard InChI is InChI=1S/C22H17ClFN5O2/c1-13-14(2)29(12-27-13)20-10-21(26-11-25-20)31-17-6-4-16(5-7-17)28-22(30)18-8-3-15(24)9-19(18)23/h3-12H,1-2H3,(H,28,30). The fraction of sp³-hybridized carbons (Fsp3) is 0.0909. The predicted molar refractivity (Wildman–Crippen MR) is 115 cm³/mol. The lowest BCUT2D eigenvalue weighted by Gasteiger charge is -2.09. The fourth-order valence-electron chi connectivity index (χ4n) is 2.85. The molecule has 0 fully saturated rings. The van der Waals surface area contributed by atoms with E-state index in [1.54, 1.807) is 36.7 Å². The van der Waals surface area contributed by atoms with Gasteiger partial charge in [0.2, 0.25) is 5.88 Å². The van der Waals surface area contributed by atoms with E-state index in [1.807, 2.05) is 18.4 Å². The molecule has 4 rings (SSSR count). The highest BCUT2D eigenvalue weighted by Crippen LogP contribution is 2.24. The largest absolute Gasteiger partial charge is 0.439 e. The molecule has 0 aliphatic heterocycles. The minimum atomic E-state index is -0.505. The molecule has 0 atom stereocenters. The Kier molecular flexibility index (Phi) is 5.64. The quantitative estimate of drug-likeness (QED) is 0.468. The molecule has 2 aromatic heterocycles. The summed E-state index contributed by atoms with van der Waals surface area (Å²) in [7, 11) is 0. The number of nitrogens with one attached hydrogen (secondary N) is 1. The minimum absolute atomic E-state index is 0.0420. The SMILES string of the molecule is Cc1ncn(-c2cc(Oc3ccc(NC(=O)c4ccc(F)cc4Cl)cc3)ncn2)c1C. The molecule has 0 aliphatic carbocycles. The molecule has 0 radical (unpaired) electrons. The van der Waals surface area contributed by atoms with Gasteiger partial charge < -0.3 is 10.1 Å². The number of carbonyl (C=O) groups is 1. The first-order valence-electron chi connectivity index (χ1n) is 9.28. The third-order valence-corrected chi connectivity index (χ3v) is 4.95. The molecule has 0 saturated carbocycles. The van der Waals surface area contributed by atoms with Crippen LogP contribution in [0.2, 0.25) is 5.02 Å². The molecule has 1 N–H and O–H groups in total. The van der Waals surface area contributed by atoms with E-state index in [0.29, 0.717) is 23.1 Å². The van der Waals surface area contributed by atoms with Crippen LogP contribution in [0.1, 0.15) is 21.7 Å². The molecule has 4 aromatic rings. The van der Waals surface area contributed by atoms with E-state index >= 15 is 0 Å². The van der Waals surface area contributed by atoms with Crippen molar-refractivity contribution in [3.8, 4) is 17.4 Å². The monoisotopic (exact) mass is 437 g/mol. The van der Waals surface area contributed by atoms with Gasteiger partial charge in [0.15, 0.2) is 0 Å². The van der Waals surface area contributed by atoms with Gasteiger partial charge in [0.1, 0.15) is 30.0 Å². The van der Waals surface area contributed by atoms with Gasteiger partial charge in [-0.1, -0.05) is 11.6 Å². The van der Waals surface area contributed by atoms with Crippen molar-refractivity contribution in [2.75, 3.05) is 5.32 Å². The molecule has 7 nitrogen and oxygen atoms in total. The van der Waals surface area contributed by atoms with Crippen LogP contribution in [0, 0.1) is 19.7 Å². The van der Waals surface area contributed by atoms with Gasteiger partial charge in [0.05, 0.1) is 16.3 Å². The Hall–Kier alpha value is -3.78. The summed E-state index contributed by atoms with van der Waals surface area (Å²) in [4.78, 5) is 25.0. The van der Waals surface area contributed by atoms with Gasteiger partial charge >= 0.3 is 0 Å². The van der Waals surface area contributed by atoms with Crippen molar-refractivity contribution in [3.63, 3.8) is 0 Å². The third kappa shape index (κ3) is 4.54. The van der Waals surface area contributed by atoms with E-state index in [9.17, 15) is 9.18 Å². The molecule has 156 valence electrons. The van der Waals surface area contributed by atoms with Crippen molar-refractivity contribution in [1.82, 2.24) is 19.5 Å². The molecule has 0 saturated heterocycles. The average molecular weight is 438 g/mol. The van der Waals surface area contributed by atoms with Gasteiger partial charge in [-0.3, -0.25) is 9.36 Å². The number of ether oxygens (including phenoxy) is 1. The van der Waals surface area contributed by atoms with Crippen molar-refractivity contribution in [1.29, 1.82) is 0 Å². The highest BCUT2D eigenvalue weighted by atomic mass is 35.5. The Morgan fingerprint density at radius 3 is 2.52 bits per heavy atom. The number of amides is 1. The molecule has 1 amide bonds. The molecule has 0 bridgehead atoms. The molecule has 9 heteroatoms. The molecule has 0 unspecified atom stereocenters. The predicted octanol–water partition coefficient (Wildman–Crippen LogP) is 5.12. The molecular weight excluding hydrogens is 421 g/mol. The van der Waals surface area contributed by atoms with Crippen molar-refractivity contribution in [2.24, 2.45) is 0 Å². The van der Waals surface area contributed by atoms with Crippen LogP contribution in [-0.4, -0.2) is 25.4 Å². The van der Waals surface area contributed by atoms with Gasteiger partial charge in [-0.25, -0.2) is 19.3 Å². The third-order valence-electron chi connectivity index (χ3n) is 4.64. The van der Waals surface area contributed by atoms with Crippen LogP contribution >= 0.6 is 11.6 Å². The van der Waals surface area contributed by atoms with Crippen LogP contribution in [0.4, 0.5) is 10.1 Å². The molecule has 31 heavy (non-hydrogen) atoms. The van der Waals surface area contributed by atoms with E-state index in [4.69, 9.17) is 16.3 Å². The minimum Gasteiger partial charge on any atom is -0.439 e. The smallest absolute Gasteiger partial charge is 0.257 e. The van der Waals surface area contributed by atoms with Crippen molar-refractivity contribution >= 4 is 23.2 Å². The van der Waals surface area contributed by atoms with Crippen molar-refractivity contribution in [2.45, 2.75) is 13.8 Å². The molecule has 2 aromatic carbocycles. The number of halogens is 2. The zero-order valence-electron chi connectivity index (χ0n) is 16.6. The number of aryl methyl sites for hydroxylation is 1. The Labute approximate surface area is 182 Å². The average Bonchev–Trinajstić information content (AvgIpc) is 3.08. The topological polar surface area (TPSA) is 81.9 Å². The number of aromatic nitrogens is 4. The molecule has 0 aliphatic rings. The van der Waals surface area contributed by atoms with Crippen LogP contribution < -0.4 is 10.1 Å². The van der Waals surface area contributed by atoms with Crippen molar-refractivity contribution in [3.05, 3.63) is 89.0 Å². The summed E-state index contributed by atoms with van der Waals surface area (Å²) >= 11 is 5.94. The molecular formula is C22H17ClFN5O2. The van der Waals surface area contributed by atoms with Crippen LogP contribution in [0.15, 0.2) is 61.2 Å². The lowest BCUT2D eigenvalue weighted by molar-refractivity contribution is 0.102. The number of nitrogens with zero attached hydrogens (tertiary/aromatic N) is 4. The second kappa shape index (κ2) is 8.53. The van der Waals surface area contributed by atoms with E-state index < -0.39 is 11.7 Å². The van der Waals surface area contributed by atoms with Crippen LogP contribution in [-0.2, 0) is 0 Å². The van der Waals surface area contributed by atoms with Crippen LogP contribution in [0.25, 0.3) is 5.82 Å². The van der Waals surface area contributed by atoms with Crippen molar-refractivity contribution < 1.29 is 13.9 Å². The number of carbonyl (C=O) groups excluding carboxylic acids is 1. The number of hydrogen-bond acceptors (Lipinski definition) is 5. The normalized spacial score (nSPS) is 10.7. The van der Waals surface area contributed by atoms with E-state index in [1.165, 1.54) is 18.5 Å². The molecule has 2 heterocycles. The van der Waals surface area contributed by atoms with E-state index in [2.05, 4.69) is 20.3 Å². The van der Waals surface area contributed by atoms with E-state index in [0.717, 1.165) is 17.5 Å². The van der Waals surface area contributed by atoms with Crippen LogP contribution in [0.3, 0.4) is 0 Å². The number of rotatable bonds is 5. The number of hydrogen-bond donors (Lipinski definition) is 1. The summed E-state index contributed by atoms with van der Waals surface area (Å²) in [6.07, 6.45) is 3.11. The highest BCUT2D eigenvalue weighted by Gasteiger charge is 2.12. The van der Waals surface area contributed by atoms with Gasteiger partial charge in [-0.2, -0.15) is 0 Å². The summed E-state index contributed by atoms with van der Waals surface area (Å²) in [5.74, 6) is 0.592. The Morgan fingerprint density at radius 1 is 1.06 bits per heavy atom. The Bertz CT molecular complexity index is 1260. The van der Waals surface area contributed by atoms with Gasteiger partial charge in [0, 0.05) is 17.4 Å². The second-order valence-corrected chi connectivity index (χ2v) is 7.11. The summed E-state index contributed by atoms with van der Waals surface area (Å²) in [5, 5.41) is 2.75. The first-order chi connectivity index (χ1) is 14.9. The Morgan fingerprint density at radius 2 is 1.84 bits per heavy atom. The number of imidazole rings is 1. The first-order valence-corrected chi connectivity index (χ1v) is 9.66. The summed E-state index contributed by atoms with van der Waals surface area (Å²) in [5.41, 5.74) is 2.61. The van der Waals surface area contributed by atoms with Gasteiger partial charge in [-0.05, 0) is 56.3 Å². The lowest BCUT2D eigenvalue weighted by atomic mass is 10.2. The Balaban J connectivity index is 1.46. The van der Waals surface area contributed by atoms with Gasteiger partial charge in [0.25, 0.3) is 5.91 Å². The fourth-order valence-corrected chi connectivity index (χ4v) is 3.10. The van der Waals surface area contributed by atoms with Gasteiger partial charge in [-0.15, -0.1) is 0 Å².